The molecular formula is C11H21ClO. The van der Waals surface area contributed by atoms with Crippen molar-refractivity contribution < 1.29 is 4.74 Å². The van der Waals surface area contributed by atoms with E-state index in [4.69, 9.17) is 16.3 Å². The first kappa shape index (κ1) is 11.3. The zero-order valence-electron chi connectivity index (χ0n) is 8.98. The van der Waals surface area contributed by atoms with Crippen molar-refractivity contribution >= 4 is 11.6 Å². The summed E-state index contributed by atoms with van der Waals surface area (Å²) in [6.07, 6.45) is 4.06. The molecule has 78 valence electrons. The van der Waals surface area contributed by atoms with Crippen LogP contribution >= 0.6 is 11.6 Å². The Morgan fingerprint density at radius 1 is 1.46 bits per heavy atom. The van der Waals surface area contributed by atoms with Gasteiger partial charge in [-0.25, -0.2) is 0 Å². The van der Waals surface area contributed by atoms with E-state index in [1.807, 2.05) is 0 Å². The molecular weight excluding hydrogens is 184 g/mol. The van der Waals surface area contributed by atoms with Gasteiger partial charge in [0.25, 0.3) is 0 Å². The van der Waals surface area contributed by atoms with Crippen molar-refractivity contribution in [3.8, 4) is 0 Å². The van der Waals surface area contributed by atoms with Crippen LogP contribution in [0.5, 0.6) is 0 Å². The van der Waals surface area contributed by atoms with E-state index < -0.39 is 0 Å². The molecule has 1 nitrogen and oxygen atoms in total. The molecule has 0 bridgehead atoms. The van der Waals surface area contributed by atoms with Gasteiger partial charge >= 0.3 is 0 Å². The fraction of sp³-hybridized carbons (Fsp3) is 1.00. The maximum Gasteiger partial charge on any atom is 0.0579 e. The van der Waals surface area contributed by atoms with Crippen molar-refractivity contribution in [2.24, 2.45) is 11.3 Å². The fourth-order valence-electron chi connectivity index (χ4n) is 1.80. The third kappa shape index (κ3) is 3.47. The highest BCUT2D eigenvalue weighted by Gasteiger charge is 2.28. The summed E-state index contributed by atoms with van der Waals surface area (Å²) in [6, 6.07) is 0. The van der Waals surface area contributed by atoms with E-state index in [0.717, 1.165) is 18.9 Å². The molecule has 0 aromatic heterocycles. The molecule has 0 amide bonds. The summed E-state index contributed by atoms with van der Waals surface area (Å²) >= 11 is 5.98. The zero-order valence-corrected chi connectivity index (χ0v) is 9.73. The van der Waals surface area contributed by atoms with Gasteiger partial charge in [0.15, 0.2) is 0 Å². The molecule has 0 saturated carbocycles. The maximum absolute atomic E-state index is 5.98. The summed E-state index contributed by atoms with van der Waals surface area (Å²) in [5, 5.41) is 0. The second-order valence-electron chi connectivity index (χ2n) is 5.09. The van der Waals surface area contributed by atoms with Gasteiger partial charge in [-0.2, -0.15) is 0 Å². The van der Waals surface area contributed by atoms with Crippen LogP contribution in [-0.4, -0.2) is 18.6 Å². The Morgan fingerprint density at radius 2 is 2.15 bits per heavy atom. The van der Waals surface area contributed by atoms with Gasteiger partial charge < -0.3 is 4.74 Å². The third-order valence-corrected chi connectivity index (χ3v) is 3.35. The highest BCUT2D eigenvalue weighted by atomic mass is 35.5. The number of hydrogen-bond donors (Lipinski definition) is 0. The first-order valence-corrected chi connectivity index (χ1v) is 5.75. The van der Waals surface area contributed by atoms with Crippen LogP contribution in [0.25, 0.3) is 0 Å². The van der Waals surface area contributed by atoms with Crippen molar-refractivity contribution in [1.82, 2.24) is 0 Å². The van der Waals surface area contributed by atoms with Gasteiger partial charge in [0.1, 0.15) is 0 Å². The summed E-state index contributed by atoms with van der Waals surface area (Å²) in [5.74, 6) is 1.33. The number of alkyl halides is 1. The second kappa shape index (κ2) is 4.65. The van der Waals surface area contributed by atoms with Crippen LogP contribution in [0.4, 0.5) is 0 Å². The van der Waals surface area contributed by atoms with E-state index >= 15 is 0 Å². The van der Waals surface area contributed by atoms with Crippen LogP contribution in [0.2, 0.25) is 0 Å². The van der Waals surface area contributed by atoms with Gasteiger partial charge in [0.05, 0.1) is 6.10 Å². The predicted molar refractivity (Wildman–Crippen MR) is 57.3 cm³/mol. The largest absolute Gasteiger partial charge is 0.378 e. The lowest BCUT2D eigenvalue weighted by molar-refractivity contribution is 0.0726. The first-order chi connectivity index (χ1) is 6.04. The zero-order chi connectivity index (χ0) is 9.90. The van der Waals surface area contributed by atoms with Crippen molar-refractivity contribution in [3.05, 3.63) is 0 Å². The van der Waals surface area contributed by atoms with E-state index in [9.17, 15) is 0 Å². The van der Waals surface area contributed by atoms with Crippen molar-refractivity contribution in [2.45, 2.75) is 46.1 Å². The molecule has 0 aromatic rings. The van der Waals surface area contributed by atoms with Crippen molar-refractivity contribution in [2.75, 3.05) is 12.5 Å². The average Bonchev–Trinajstić information content (AvgIpc) is 2.49. The number of hydrogen-bond acceptors (Lipinski definition) is 1. The molecule has 1 heterocycles. The van der Waals surface area contributed by atoms with E-state index in [1.54, 1.807) is 0 Å². The normalized spacial score (nSPS) is 26.3. The highest BCUT2D eigenvalue weighted by molar-refractivity contribution is 6.18. The molecule has 0 N–H and O–H groups in total. The summed E-state index contributed by atoms with van der Waals surface area (Å²) in [7, 11) is 0. The van der Waals surface area contributed by atoms with Crippen LogP contribution in [0.15, 0.2) is 0 Å². The van der Waals surface area contributed by atoms with E-state index in [0.29, 0.717) is 17.4 Å². The van der Waals surface area contributed by atoms with Gasteiger partial charge in [-0.15, -0.1) is 11.6 Å². The lowest BCUT2D eigenvalue weighted by atomic mass is 9.78. The highest BCUT2D eigenvalue weighted by Crippen LogP contribution is 2.33. The molecule has 2 atom stereocenters. The Bertz CT molecular complexity index is 145. The Kier molecular flexibility index (Phi) is 4.06. The lowest BCUT2D eigenvalue weighted by Gasteiger charge is -2.30. The van der Waals surface area contributed by atoms with Gasteiger partial charge in [-0.05, 0) is 30.6 Å². The third-order valence-electron chi connectivity index (χ3n) is 2.98. The summed E-state index contributed by atoms with van der Waals surface area (Å²) in [5.41, 5.74) is 0.313. The molecule has 13 heavy (non-hydrogen) atoms. The quantitative estimate of drug-likeness (QED) is 0.640. The van der Waals surface area contributed by atoms with Crippen LogP contribution in [0.3, 0.4) is 0 Å². The minimum Gasteiger partial charge on any atom is -0.378 e. The Hall–Kier alpha value is 0.250. The molecule has 0 spiro atoms. The molecule has 1 aliphatic rings. The molecule has 0 aromatic carbocycles. The molecule has 2 heteroatoms. The number of halogens is 1. The average molecular weight is 205 g/mol. The van der Waals surface area contributed by atoms with Gasteiger partial charge in [-0.1, -0.05) is 20.8 Å². The minimum absolute atomic E-state index is 0.313. The van der Waals surface area contributed by atoms with E-state index in [1.165, 1.54) is 12.8 Å². The molecule has 0 aliphatic carbocycles. The smallest absolute Gasteiger partial charge is 0.0579 e. The lowest BCUT2D eigenvalue weighted by Crippen LogP contribution is -2.26. The standard InChI is InChI=1S/C11H21ClO/c1-11(2,3)9(8-12)7-10-5-4-6-13-10/h9-10H,4-8H2,1-3H3. The number of ether oxygens (including phenoxy) is 1. The van der Waals surface area contributed by atoms with E-state index in [2.05, 4.69) is 20.8 Å². The van der Waals surface area contributed by atoms with Gasteiger partial charge in [0.2, 0.25) is 0 Å². The van der Waals surface area contributed by atoms with Crippen LogP contribution in [-0.2, 0) is 4.74 Å². The Balaban J connectivity index is 2.39. The van der Waals surface area contributed by atoms with Gasteiger partial charge in [0, 0.05) is 12.5 Å². The van der Waals surface area contributed by atoms with Crippen LogP contribution < -0.4 is 0 Å². The fourth-order valence-corrected chi connectivity index (χ4v) is 2.38. The first-order valence-electron chi connectivity index (χ1n) is 5.21. The summed E-state index contributed by atoms with van der Waals surface area (Å²) in [6.45, 7) is 7.73. The summed E-state index contributed by atoms with van der Waals surface area (Å²) < 4.78 is 5.62. The molecule has 1 saturated heterocycles. The Labute approximate surface area is 86.8 Å². The SMILES string of the molecule is CC(C)(C)C(CCl)CC1CCCO1. The molecule has 1 rings (SSSR count). The molecule has 1 fully saturated rings. The van der Waals surface area contributed by atoms with Crippen molar-refractivity contribution in [1.29, 1.82) is 0 Å². The number of rotatable bonds is 3. The van der Waals surface area contributed by atoms with Crippen molar-refractivity contribution in [3.63, 3.8) is 0 Å². The molecule has 2 unspecified atom stereocenters. The predicted octanol–water partition coefficient (Wildman–Crippen LogP) is 3.46. The maximum atomic E-state index is 5.98. The van der Waals surface area contributed by atoms with Crippen LogP contribution in [0, 0.1) is 11.3 Å². The molecule has 0 radical (unpaired) electrons. The molecule has 1 aliphatic heterocycles. The van der Waals surface area contributed by atoms with Crippen LogP contribution in [0.1, 0.15) is 40.0 Å². The summed E-state index contributed by atoms with van der Waals surface area (Å²) in [4.78, 5) is 0. The topological polar surface area (TPSA) is 9.23 Å². The minimum atomic E-state index is 0.313. The second-order valence-corrected chi connectivity index (χ2v) is 5.40. The van der Waals surface area contributed by atoms with E-state index in [-0.39, 0.29) is 0 Å². The Morgan fingerprint density at radius 3 is 2.54 bits per heavy atom. The monoisotopic (exact) mass is 204 g/mol. The van der Waals surface area contributed by atoms with Gasteiger partial charge in [-0.3, -0.25) is 0 Å².